The predicted octanol–water partition coefficient (Wildman–Crippen LogP) is 2.78. The lowest BCUT2D eigenvalue weighted by atomic mass is 9.72. The second-order valence-electron chi connectivity index (χ2n) is 8.19. The van der Waals surface area contributed by atoms with E-state index in [1.54, 1.807) is 0 Å². The lowest BCUT2D eigenvalue weighted by Crippen LogP contribution is -2.50. The van der Waals surface area contributed by atoms with Gasteiger partial charge >= 0.3 is 0 Å². The second kappa shape index (κ2) is 6.77. The molecule has 2 aromatic rings. The van der Waals surface area contributed by atoms with Crippen molar-refractivity contribution >= 4 is 5.91 Å². The summed E-state index contributed by atoms with van der Waals surface area (Å²) in [4.78, 5) is 14.7. The number of likely N-dealkylation sites (tertiary alicyclic amines) is 1. The Morgan fingerprint density at radius 2 is 1.85 bits per heavy atom. The summed E-state index contributed by atoms with van der Waals surface area (Å²) in [6.45, 7) is 5.50. The fourth-order valence-electron chi connectivity index (χ4n) is 4.83. The summed E-state index contributed by atoms with van der Waals surface area (Å²) in [7, 11) is 0. The maximum absolute atomic E-state index is 12.8. The maximum Gasteiger partial charge on any atom is 0.226 e. The minimum absolute atomic E-state index is 0.165. The standard InChI is InChI=1S/C23H28N2O2/c1-15-7-8-17(13-16(15)2)14-20(26)25-11-9-23(10-12-25)19-6-4-3-5-18(19)21(24)22(23)27/h3-8,13,21-22,27H,9-12,14,24H2,1-2H3/t21-,22+/m1/s1. The van der Waals surface area contributed by atoms with Crippen molar-refractivity contribution in [3.63, 3.8) is 0 Å². The number of carbonyl (C=O) groups is 1. The number of nitrogens with two attached hydrogens (primary N) is 1. The SMILES string of the molecule is Cc1ccc(CC(=O)N2CCC3(CC2)c2ccccc2[C@@H](N)[C@@H]3O)cc1C. The van der Waals surface area contributed by atoms with Gasteiger partial charge in [-0.25, -0.2) is 0 Å². The van der Waals surface area contributed by atoms with Gasteiger partial charge in [0.05, 0.1) is 18.6 Å². The molecule has 1 saturated heterocycles. The summed E-state index contributed by atoms with van der Waals surface area (Å²) in [6.07, 6.45) is 1.38. The van der Waals surface area contributed by atoms with Crippen molar-refractivity contribution in [2.24, 2.45) is 5.73 Å². The maximum atomic E-state index is 12.8. The highest BCUT2D eigenvalue weighted by atomic mass is 16.3. The average molecular weight is 364 g/mol. The van der Waals surface area contributed by atoms with Gasteiger partial charge in [-0.05, 0) is 54.5 Å². The molecule has 1 aliphatic heterocycles. The van der Waals surface area contributed by atoms with Crippen molar-refractivity contribution in [1.82, 2.24) is 4.90 Å². The number of aryl methyl sites for hydroxylation is 2. The van der Waals surface area contributed by atoms with Gasteiger partial charge in [-0.1, -0.05) is 42.5 Å². The van der Waals surface area contributed by atoms with Crippen LogP contribution in [0.4, 0.5) is 0 Å². The highest BCUT2D eigenvalue weighted by Gasteiger charge is 2.51. The normalized spacial score (nSPS) is 23.5. The van der Waals surface area contributed by atoms with Gasteiger partial charge in [0, 0.05) is 18.5 Å². The first kappa shape index (κ1) is 18.2. The van der Waals surface area contributed by atoms with E-state index in [2.05, 4.69) is 32.0 Å². The molecule has 2 aromatic carbocycles. The Hall–Kier alpha value is -2.17. The van der Waals surface area contributed by atoms with Crippen molar-refractivity contribution in [3.8, 4) is 0 Å². The Morgan fingerprint density at radius 1 is 1.15 bits per heavy atom. The van der Waals surface area contributed by atoms with Crippen LogP contribution in [-0.2, 0) is 16.6 Å². The van der Waals surface area contributed by atoms with Gasteiger partial charge in [0.2, 0.25) is 5.91 Å². The number of aliphatic hydroxyl groups excluding tert-OH is 1. The summed E-state index contributed by atoms with van der Waals surface area (Å²) in [5, 5.41) is 10.9. The molecule has 0 aromatic heterocycles. The Bertz CT molecular complexity index is 868. The molecule has 4 nitrogen and oxygen atoms in total. The number of hydrogen-bond donors (Lipinski definition) is 2. The van der Waals surface area contributed by atoms with Gasteiger partial charge in [0.15, 0.2) is 0 Å². The summed E-state index contributed by atoms with van der Waals surface area (Å²) in [5.41, 5.74) is 11.7. The Kier molecular flexibility index (Phi) is 4.57. The molecule has 1 spiro atoms. The molecule has 2 atom stereocenters. The molecule has 1 amide bonds. The van der Waals surface area contributed by atoms with Crippen LogP contribution in [-0.4, -0.2) is 35.1 Å². The van der Waals surface area contributed by atoms with Gasteiger partial charge < -0.3 is 15.7 Å². The number of nitrogens with zero attached hydrogens (tertiary/aromatic N) is 1. The highest BCUT2D eigenvalue weighted by molar-refractivity contribution is 5.79. The molecule has 4 rings (SSSR count). The van der Waals surface area contributed by atoms with Crippen LogP contribution in [0, 0.1) is 13.8 Å². The van der Waals surface area contributed by atoms with Crippen LogP contribution in [0.25, 0.3) is 0 Å². The van der Waals surface area contributed by atoms with Gasteiger partial charge in [-0.2, -0.15) is 0 Å². The van der Waals surface area contributed by atoms with Crippen LogP contribution >= 0.6 is 0 Å². The summed E-state index contributed by atoms with van der Waals surface area (Å²) in [5.74, 6) is 0.165. The molecule has 3 N–H and O–H groups in total. The van der Waals surface area contributed by atoms with Crippen molar-refractivity contribution in [3.05, 3.63) is 70.3 Å². The summed E-state index contributed by atoms with van der Waals surface area (Å²) < 4.78 is 0. The van der Waals surface area contributed by atoms with E-state index < -0.39 is 6.10 Å². The molecule has 0 bridgehead atoms. The average Bonchev–Trinajstić information content (AvgIpc) is 2.88. The molecule has 0 unspecified atom stereocenters. The molecule has 1 fully saturated rings. The highest BCUT2D eigenvalue weighted by Crippen LogP contribution is 2.50. The zero-order chi connectivity index (χ0) is 19.2. The largest absolute Gasteiger partial charge is 0.390 e. The summed E-state index contributed by atoms with van der Waals surface area (Å²) in [6, 6.07) is 14.0. The zero-order valence-electron chi connectivity index (χ0n) is 16.1. The van der Waals surface area contributed by atoms with Gasteiger partial charge in [0.25, 0.3) is 0 Å². The number of amides is 1. The monoisotopic (exact) mass is 364 g/mol. The number of benzene rings is 2. The van der Waals surface area contributed by atoms with Crippen molar-refractivity contribution < 1.29 is 9.90 Å². The lowest BCUT2D eigenvalue weighted by Gasteiger charge is -2.42. The molecule has 2 aliphatic rings. The van der Waals surface area contributed by atoms with E-state index in [0.717, 1.165) is 24.0 Å². The van der Waals surface area contributed by atoms with Crippen molar-refractivity contribution in [1.29, 1.82) is 0 Å². The van der Waals surface area contributed by atoms with E-state index in [-0.39, 0.29) is 17.4 Å². The van der Waals surface area contributed by atoms with E-state index >= 15 is 0 Å². The molecular formula is C23H28N2O2. The third kappa shape index (κ3) is 2.97. The molecule has 1 aliphatic carbocycles. The van der Waals surface area contributed by atoms with Crippen LogP contribution < -0.4 is 5.73 Å². The smallest absolute Gasteiger partial charge is 0.226 e. The summed E-state index contributed by atoms with van der Waals surface area (Å²) >= 11 is 0. The molecule has 0 radical (unpaired) electrons. The number of piperidine rings is 1. The van der Waals surface area contributed by atoms with E-state index in [0.29, 0.717) is 19.5 Å². The van der Waals surface area contributed by atoms with E-state index in [1.807, 2.05) is 29.2 Å². The molecule has 4 heteroatoms. The first-order valence-electron chi connectivity index (χ1n) is 9.79. The van der Waals surface area contributed by atoms with Crippen molar-refractivity contribution in [2.45, 2.75) is 50.7 Å². The van der Waals surface area contributed by atoms with Gasteiger partial charge in [0.1, 0.15) is 0 Å². The van der Waals surface area contributed by atoms with E-state index in [1.165, 1.54) is 16.7 Å². The zero-order valence-corrected chi connectivity index (χ0v) is 16.1. The quantitative estimate of drug-likeness (QED) is 0.861. The molecule has 1 heterocycles. The van der Waals surface area contributed by atoms with Gasteiger partial charge in [-0.15, -0.1) is 0 Å². The fourth-order valence-corrected chi connectivity index (χ4v) is 4.83. The second-order valence-corrected chi connectivity index (χ2v) is 8.19. The number of fused-ring (bicyclic) bond motifs is 2. The van der Waals surface area contributed by atoms with E-state index in [9.17, 15) is 9.90 Å². The third-order valence-corrected chi connectivity index (χ3v) is 6.70. The first-order chi connectivity index (χ1) is 12.9. The number of carbonyl (C=O) groups excluding carboxylic acids is 1. The van der Waals surface area contributed by atoms with Crippen LogP contribution in [0.15, 0.2) is 42.5 Å². The van der Waals surface area contributed by atoms with Crippen LogP contribution in [0.2, 0.25) is 0 Å². The molecule has 0 saturated carbocycles. The number of hydrogen-bond acceptors (Lipinski definition) is 3. The minimum Gasteiger partial charge on any atom is -0.390 e. The van der Waals surface area contributed by atoms with Crippen molar-refractivity contribution in [2.75, 3.05) is 13.1 Å². The van der Waals surface area contributed by atoms with Crippen LogP contribution in [0.1, 0.15) is 46.7 Å². The van der Waals surface area contributed by atoms with Crippen LogP contribution in [0.5, 0.6) is 0 Å². The molecular weight excluding hydrogens is 336 g/mol. The predicted molar refractivity (Wildman–Crippen MR) is 106 cm³/mol. The molecule has 27 heavy (non-hydrogen) atoms. The van der Waals surface area contributed by atoms with Crippen LogP contribution in [0.3, 0.4) is 0 Å². The van der Waals surface area contributed by atoms with Gasteiger partial charge in [-0.3, -0.25) is 4.79 Å². The Morgan fingerprint density at radius 3 is 2.56 bits per heavy atom. The number of aliphatic hydroxyl groups is 1. The third-order valence-electron chi connectivity index (χ3n) is 6.70. The minimum atomic E-state index is -0.577. The topological polar surface area (TPSA) is 66.6 Å². The number of rotatable bonds is 2. The fraction of sp³-hybridized carbons (Fsp3) is 0.435. The van der Waals surface area contributed by atoms with E-state index in [4.69, 9.17) is 5.73 Å². The molecule has 142 valence electrons. The lowest BCUT2D eigenvalue weighted by molar-refractivity contribution is -0.132. The Balaban J connectivity index is 1.47. The Labute approximate surface area is 161 Å². The first-order valence-corrected chi connectivity index (χ1v) is 9.79.